The largest absolute Gasteiger partial charge is 0.0654 e. The third kappa shape index (κ3) is 1.38. The van der Waals surface area contributed by atoms with Gasteiger partial charge in [0.2, 0.25) is 0 Å². The predicted molar refractivity (Wildman–Crippen MR) is 52.5 cm³/mol. The molecule has 2 bridgehead atoms. The Labute approximate surface area is 74.6 Å². The molecule has 0 nitrogen and oxygen atoms in total. The molecule has 0 spiro atoms. The monoisotopic (exact) mass is 160 g/mol. The Bertz CT molecular complexity index is 270. The average molecular weight is 160 g/mol. The summed E-state index contributed by atoms with van der Waals surface area (Å²) < 4.78 is 0. The maximum absolute atomic E-state index is 2.33. The molecule has 3 rings (SSSR count). The zero-order valence-electron chi connectivity index (χ0n) is 7.77. The minimum atomic E-state index is 1.25. The van der Waals surface area contributed by atoms with Crippen molar-refractivity contribution in [2.45, 2.75) is 39.0 Å². The summed E-state index contributed by atoms with van der Waals surface area (Å²) in [6.07, 6.45) is 6.61. The Kier molecular flexibility index (Phi) is 2.16. The fourth-order valence-corrected chi connectivity index (χ4v) is 1.85. The first-order valence-corrected chi connectivity index (χ1v) is 5.01. The van der Waals surface area contributed by atoms with Crippen molar-refractivity contribution in [3.05, 3.63) is 34.9 Å². The van der Waals surface area contributed by atoms with E-state index in [1.807, 2.05) is 0 Å². The number of hydrogen-bond donors (Lipinski definition) is 0. The van der Waals surface area contributed by atoms with E-state index >= 15 is 0 Å². The van der Waals surface area contributed by atoms with Crippen molar-refractivity contribution in [1.29, 1.82) is 0 Å². The zero-order valence-corrected chi connectivity index (χ0v) is 7.77. The highest BCUT2D eigenvalue weighted by atomic mass is 14.2. The molecular formula is C12H16. The molecule has 2 aliphatic carbocycles. The number of aryl methyl sites for hydroxylation is 1. The van der Waals surface area contributed by atoms with Crippen LogP contribution in [0.2, 0.25) is 0 Å². The molecule has 0 aliphatic heterocycles. The van der Waals surface area contributed by atoms with Crippen LogP contribution in [-0.2, 0) is 12.8 Å². The van der Waals surface area contributed by atoms with Crippen LogP contribution >= 0.6 is 0 Å². The molecule has 0 fully saturated rings. The summed E-state index contributed by atoms with van der Waals surface area (Å²) in [5, 5.41) is 0. The molecule has 0 radical (unpaired) electrons. The van der Waals surface area contributed by atoms with Crippen LogP contribution < -0.4 is 0 Å². The van der Waals surface area contributed by atoms with Crippen molar-refractivity contribution in [2.24, 2.45) is 0 Å². The minimum absolute atomic E-state index is 1.25. The molecule has 0 saturated heterocycles. The van der Waals surface area contributed by atoms with Crippen molar-refractivity contribution >= 4 is 0 Å². The summed E-state index contributed by atoms with van der Waals surface area (Å²) in [6, 6.07) is 6.92. The van der Waals surface area contributed by atoms with Gasteiger partial charge in [0.15, 0.2) is 0 Å². The lowest BCUT2D eigenvalue weighted by molar-refractivity contribution is 0.711. The van der Waals surface area contributed by atoms with Gasteiger partial charge in [0, 0.05) is 0 Å². The Morgan fingerprint density at radius 2 is 2.08 bits per heavy atom. The van der Waals surface area contributed by atoms with Crippen LogP contribution in [0.3, 0.4) is 0 Å². The molecule has 0 unspecified atom stereocenters. The summed E-state index contributed by atoms with van der Waals surface area (Å²) in [5.74, 6) is 0. The van der Waals surface area contributed by atoms with E-state index in [0.29, 0.717) is 0 Å². The Morgan fingerprint density at radius 1 is 1.25 bits per heavy atom. The maximum Gasteiger partial charge on any atom is -0.00228 e. The lowest BCUT2D eigenvalue weighted by Gasteiger charge is -2.19. The highest BCUT2D eigenvalue weighted by Gasteiger charge is 2.12. The van der Waals surface area contributed by atoms with E-state index in [-0.39, 0.29) is 0 Å². The van der Waals surface area contributed by atoms with Crippen LogP contribution in [0.1, 0.15) is 42.9 Å². The number of benzene rings is 1. The molecule has 0 heteroatoms. The summed E-state index contributed by atoms with van der Waals surface area (Å²) in [7, 11) is 0. The second-order valence-electron chi connectivity index (χ2n) is 3.74. The highest BCUT2D eigenvalue weighted by Crippen LogP contribution is 2.26. The number of unbranched alkanes of at least 4 members (excludes halogenated alkanes) is 2. The normalized spacial score (nSPS) is 12.8. The van der Waals surface area contributed by atoms with Gasteiger partial charge >= 0.3 is 0 Å². The standard InChI is InChI=1S/C12H16/c1-2-3-4-5-11-7-6-10-8-12(11)9-10/h6-8H,2-5,9H2,1H3. The molecule has 64 valence electrons. The summed E-state index contributed by atoms with van der Waals surface area (Å²) in [6.45, 7) is 2.26. The first-order valence-electron chi connectivity index (χ1n) is 5.01. The SMILES string of the molecule is CCCCCc1ccc2cc1C2. The molecule has 0 saturated carbocycles. The van der Waals surface area contributed by atoms with Gasteiger partial charge in [0.05, 0.1) is 0 Å². The van der Waals surface area contributed by atoms with Gasteiger partial charge in [-0.2, -0.15) is 0 Å². The van der Waals surface area contributed by atoms with E-state index in [1.54, 1.807) is 11.1 Å². The fraction of sp³-hybridized carbons (Fsp3) is 0.500. The molecular weight excluding hydrogens is 144 g/mol. The van der Waals surface area contributed by atoms with E-state index in [0.717, 1.165) is 0 Å². The second-order valence-corrected chi connectivity index (χ2v) is 3.74. The fourth-order valence-electron chi connectivity index (χ4n) is 1.85. The maximum atomic E-state index is 2.33. The van der Waals surface area contributed by atoms with E-state index in [9.17, 15) is 0 Å². The van der Waals surface area contributed by atoms with Gasteiger partial charge in [0.25, 0.3) is 0 Å². The molecule has 0 aromatic heterocycles. The third-order valence-corrected chi connectivity index (χ3v) is 2.71. The van der Waals surface area contributed by atoms with Gasteiger partial charge in [0.1, 0.15) is 0 Å². The Balaban J connectivity index is 1.93. The van der Waals surface area contributed by atoms with Gasteiger partial charge < -0.3 is 0 Å². The summed E-state index contributed by atoms with van der Waals surface area (Å²) >= 11 is 0. The summed E-state index contributed by atoms with van der Waals surface area (Å²) in [4.78, 5) is 0. The van der Waals surface area contributed by atoms with Crippen molar-refractivity contribution in [2.75, 3.05) is 0 Å². The Hall–Kier alpha value is -0.780. The topological polar surface area (TPSA) is 0 Å². The molecule has 0 N–H and O–H groups in total. The van der Waals surface area contributed by atoms with Crippen LogP contribution in [0.15, 0.2) is 18.2 Å². The van der Waals surface area contributed by atoms with Crippen molar-refractivity contribution in [3.63, 3.8) is 0 Å². The zero-order chi connectivity index (χ0) is 8.39. The lowest BCUT2D eigenvalue weighted by Crippen LogP contribution is -2.05. The van der Waals surface area contributed by atoms with Crippen molar-refractivity contribution < 1.29 is 0 Å². The van der Waals surface area contributed by atoms with Crippen LogP contribution in [0.4, 0.5) is 0 Å². The number of rotatable bonds is 4. The quantitative estimate of drug-likeness (QED) is 0.602. The lowest BCUT2D eigenvalue weighted by atomic mass is 9.86. The minimum Gasteiger partial charge on any atom is -0.0654 e. The molecule has 2 aliphatic rings. The van der Waals surface area contributed by atoms with Crippen LogP contribution in [0.5, 0.6) is 0 Å². The van der Waals surface area contributed by atoms with Crippen molar-refractivity contribution in [1.82, 2.24) is 0 Å². The number of fused-ring (bicyclic) bond motifs is 2. The van der Waals surface area contributed by atoms with Gasteiger partial charge in [-0.25, -0.2) is 0 Å². The summed E-state index contributed by atoms with van der Waals surface area (Å²) in [5.41, 5.74) is 4.71. The van der Waals surface area contributed by atoms with Crippen LogP contribution in [0.25, 0.3) is 0 Å². The number of hydrogen-bond acceptors (Lipinski definition) is 0. The molecule has 0 amide bonds. The average Bonchev–Trinajstić information content (AvgIpc) is 2.04. The first-order chi connectivity index (χ1) is 5.90. The van der Waals surface area contributed by atoms with E-state index in [1.165, 1.54) is 37.7 Å². The molecule has 12 heavy (non-hydrogen) atoms. The molecule has 0 atom stereocenters. The molecule has 1 aromatic rings. The molecule has 1 aromatic carbocycles. The van der Waals surface area contributed by atoms with E-state index < -0.39 is 0 Å². The van der Waals surface area contributed by atoms with Crippen LogP contribution in [-0.4, -0.2) is 0 Å². The van der Waals surface area contributed by atoms with E-state index in [2.05, 4.69) is 25.1 Å². The van der Waals surface area contributed by atoms with Gasteiger partial charge in [-0.3, -0.25) is 0 Å². The highest BCUT2D eigenvalue weighted by molar-refractivity contribution is 5.43. The smallest absolute Gasteiger partial charge is 0.00228 e. The second kappa shape index (κ2) is 3.30. The van der Waals surface area contributed by atoms with Gasteiger partial charge in [-0.1, -0.05) is 38.0 Å². The first kappa shape index (κ1) is 7.85. The van der Waals surface area contributed by atoms with E-state index in [4.69, 9.17) is 0 Å². The third-order valence-electron chi connectivity index (χ3n) is 2.71. The van der Waals surface area contributed by atoms with Crippen molar-refractivity contribution in [3.8, 4) is 0 Å². The predicted octanol–water partition coefficient (Wildman–Crippen LogP) is 3.32. The van der Waals surface area contributed by atoms with Crippen LogP contribution in [0, 0.1) is 0 Å². The van der Waals surface area contributed by atoms with Gasteiger partial charge in [-0.15, -0.1) is 0 Å². The van der Waals surface area contributed by atoms with Gasteiger partial charge in [-0.05, 0) is 36.0 Å². The Morgan fingerprint density at radius 3 is 2.67 bits per heavy atom. The molecule has 0 heterocycles.